The largest absolute Gasteiger partial charge is 0.303 e. The molecule has 0 aliphatic heterocycles. The average molecular weight is 366 g/mol. The summed E-state index contributed by atoms with van der Waals surface area (Å²) in [6.07, 6.45) is 0.754. The van der Waals surface area contributed by atoms with Gasteiger partial charge in [-0.05, 0) is 36.8 Å². The molecule has 0 bridgehead atoms. The van der Waals surface area contributed by atoms with Gasteiger partial charge in [0.15, 0.2) is 0 Å². The summed E-state index contributed by atoms with van der Waals surface area (Å²) in [6, 6.07) is 12.6. The number of halogens is 1. The summed E-state index contributed by atoms with van der Waals surface area (Å²) in [5.74, 6) is 0. The molecule has 0 aliphatic rings. The van der Waals surface area contributed by atoms with Gasteiger partial charge in [-0.2, -0.15) is 0 Å². The zero-order chi connectivity index (χ0) is 18.0. The third-order valence-electron chi connectivity index (χ3n) is 3.86. The van der Waals surface area contributed by atoms with Gasteiger partial charge in [-0.15, -0.1) is 0 Å². The van der Waals surface area contributed by atoms with E-state index < -0.39 is 21.5 Å². The highest BCUT2D eigenvalue weighted by atomic mass is 35.5. The third-order valence-corrected chi connectivity index (χ3v) is 5.55. The Morgan fingerprint density at radius 3 is 2.08 bits per heavy atom. The Kier molecular flexibility index (Phi) is 5.48. The first-order chi connectivity index (χ1) is 11.2. The van der Waals surface area contributed by atoms with Crippen molar-refractivity contribution in [3.8, 4) is 0 Å². The lowest BCUT2D eigenvalue weighted by molar-refractivity contribution is -0.115. The summed E-state index contributed by atoms with van der Waals surface area (Å²) in [6.45, 7) is 5.27. The topological polar surface area (TPSA) is 63.2 Å². The number of rotatable bonds is 6. The van der Waals surface area contributed by atoms with Crippen molar-refractivity contribution >= 4 is 27.9 Å². The van der Waals surface area contributed by atoms with Crippen LogP contribution in [0.5, 0.6) is 0 Å². The van der Waals surface area contributed by atoms with Gasteiger partial charge in [0.2, 0.25) is 10.0 Å². The quantitative estimate of drug-likeness (QED) is 0.790. The van der Waals surface area contributed by atoms with E-state index in [9.17, 15) is 13.2 Å². The van der Waals surface area contributed by atoms with Gasteiger partial charge in [-0.25, -0.2) is 13.1 Å². The van der Waals surface area contributed by atoms with Gasteiger partial charge in [-0.3, -0.25) is 0 Å². The van der Waals surface area contributed by atoms with E-state index in [2.05, 4.69) is 4.72 Å². The number of aldehydes is 1. The van der Waals surface area contributed by atoms with E-state index in [1.807, 2.05) is 6.92 Å². The van der Waals surface area contributed by atoms with Crippen LogP contribution in [-0.4, -0.2) is 14.7 Å². The first kappa shape index (κ1) is 18.6. The number of benzene rings is 2. The van der Waals surface area contributed by atoms with Crippen molar-refractivity contribution in [2.24, 2.45) is 5.41 Å². The van der Waals surface area contributed by atoms with E-state index in [-0.39, 0.29) is 4.90 Å². The fourth-order valence-electron chi connectivity index (χ4n) is 2.31. The molecule has 0 aliphatic carbocycles. The second-order valence-electron chi connectivity index (χ2n) is 6.36. The maximum atomic E-state index is 12.7. The zero-order valence-electron chi connectivity index (χ0n) is 13.8. The van der Waals surface area contributed by atoms with Crippen molar-refractivity contribution < 1.29 is 13.2 Å². The van der Waals surface area contributed by atoms with Gasteiger partial charge in [0.1, 0.15) is 6.29 Å². The summed E-state index contributed by atoms with van der Waals surface area (Å²) in [5, 5.41) is 0.544. The SMILES string of the molecule is Cc1ccc(S(=O)(=O)NC(c2ccc(Cl)cc2)C(C)(C)C=O)cc1. The Bertz CT molecular complexity index is 812. The van der Waals surface area contributed by atoms with Gasteiger partial charge >= 0.3 is 0 Å². The molecule has 2 aromatic rings. The summed E-state index contributed by atoms with van der Waals surface area (Å²) in [4.78, 5) is 11.7. The highest BCUT2D eigenvalue weighted by Gasteiger charge is 2.34. The molecule has 6 heteroatoms. The molecular formula is C18H20ClNO3S. The molecule has 2 aromatic carbocycles. The molecule has 0 saturated carbocycles. The van der Waals surface area contributed by atoms with Gasteiger partial charge in [0, 0.05) is 10.4 Å². The van der Waals surface area contributed by atoms with Crippen LogP contribution in [0.25, 0.3) is 0 Å². The maximum absolute atomic E-state index is 12.7. The standard InChI is InChI=1S/C18H20ClNO3S/c1-13-4-10-16(11-5-13)24(22,23)20-17(18(2,3)12-21)14-6-8-15(19)9-7-14/h4-12,17,20H,1-3H3. The van der Waals surface area contributed by atoms with Gasteiger partial charge in [0.25, 0.3) is 0 Å². The molecule has 2 rings (SSSR count). The Morgan fingerprint density at radius 2 is 1.58 bits per heavy atom. The van der Waals surface area contributed by atoms with Crippen LogP contribution < -0.4 is 4.72 Å². The second kappa shape index (κ2) is 7.05. The first-order valence-corrected chi connectivity index (χ1v) is 9.32. The van der Waals surface area contributed by atoms with Crippen molar-refractivity contribution in [3.05, 3.63) is 64.7 Å². The first-order valence-electron chi connectivity index (χ1n) is 7.46. The van der Waals surface area contributed by atoms with Crippen LogP contribution in [0.2, 0.25) is 5.02 Å². The highest BCUT2D eigenvalue weighted by Crippen LogP contribution is 2.33. The minimum Gasteiger partial charge on any atom is -0.303 e. The average Bonchev–Trinajstić information content (AvgIpc) is 2.54. The summed E-state index contributed by atoms with van der Waals surface area (Å²) >= 11 is 5.90. The predicted molar refractivity (Wildman–Crippen MR) is 95.5 cm³/mol. The highest BCUT2D eigenvalue weighted by molar-refractivity contribution is 7.89. The van der Waals surface area contributed by atoms with Crippen molar-refractivity contribution in [2.45, 2.75) is 31.7 Å². The van der Waals surface area contributed by atoms with Crippen LogP contribution >= 0.6 is 11.6 Å². The fourth-order valence-corrected chi connectivity index (χ4v) is 3.82. The molecule has 1 atom stereocenters. The number of aryl methyl sites for hydroxylation is 1. The number of carbonyl (C=O) groups is 1. The molecule has 4 nitrogen and oxygen atoms in total. The van der Waals surface area contributed by atoms with Crippen LogP contribution in [0.1, 0.15) is 31.0 Å². The van der Waals surface area contributed by atoms with Crippen LogP contribution in [-0.2, 0) is 14.8 Å². The number of hydrogen-bond acceptors (Lipinski definition) is 3. The Morgan fingerprint density at radius 1 is 1.04 bits per heavy atom. The minimum atomic E-state index is -3.77. The molecule has 0 amide bonds. The molecule has 0 aromatic heterocycles. The van der Waals surface area contributed by atoms with Gasteiger partial charge in [0.05, 0.1) is 10.9 Å². The number of nitrogens with one attached hydrogen (secondary N) is 1. The number of carbonyl (C=O) groups excluding carboxylic acids is 1. The smallest absolute Gasteiger partial charge is 0.241 e. The van der Waals surface area contributed by atoms with Gasteiger partial charge in [-0.1, -0.05) is 55.3 Å². The van der Waals surface area contributed by atoms with E-state index >= 15 is 0 Å². The molecule has 0 spiro atoms. The van der Waals surface area contributed by atoms with E-state index in [0.29, 0.717) is 10.6 Å². The van der Waals surface area contributed by atoms with E-state index in [1.165, 1.54) is 0 Å². The molecule has 24 heavy (non-hydrogen) atoms. The van der Waals surface area contributed by atoms with Crippen molar-refractivity contribution in [2.75, 3.05) is 0 Å². The third kappa shape index (κ3) is 4.23. The summed E-state index contributed by atoms with van der Waals surface area (Å²) in [5.41, 5.74) is 0.717. The lowest BCUT2D eigenvalue weighted by Crippen LogP contribution is -2.38. The van der Waals surface area contributed by atoms with Crippen molar-refractivity contribution in [3.63, 3.8) is 0 Å². The molecule has 1 unspecified atom stereocenters. The predicted octanol–water partition coefficient (Wildman–Crippen LogP) is 3.89. The molecule has 0 fully saturated rings. The summed E-state index contributed by atoms with van der Waals surface area (Å²) in [7, 11) is -3.77. The Labute approximate surface area is 147 Å². The van der Waals surface area contributed by atoms with Gasteiger partial charge < -0.3 is 4.79 Å². The van der Waals surface area contributed by atoms with Crippen molar-refractivity contribution in [1.29, 1.82) is 0 Å². The lowest BCUT2D eigenvalue weighted by Gasteiger charge is -2.30. The van der Waals surface area contributed by atoms with Crippen LogP contribution in [0.4, 0.5) is 0 Å². The molecule has 0 saturated heterocycles. The van der Waals surface area contributed by atoms with Crippen LogP contribution in [0.15, 0.2) is 53.4 Å². The van der Waals surface area contributed by atoms with E-state index in [0.717, 1.165) is 11.8 Å². The molecule has 0 radical (unpaired) electrons. The molecule has 128 valence electrons. The monoisotopic (exact) mass is 365 g/mol. The second-order valence-corrected chi connectivity index (χ2v) is 8.51. The maximum Gasteiger partial charge on any atom is 0.241 e. The Hall–Kier alpha value is -1.69. The molecular weight excluding hydrogens is 346 g/mol. The van der Waals surface area contributed by atoms with Crippen LogP contribution in [0.3, 0.4) is 0 Å². The Balaban J connectivity index is 2.43. The minimum absolute atomic E-state index is 0.161. The number of sulfonamides is 1. The molecule has 0 heterocycles. The normalized spacial score (nSPS) is 13.5. The zero-order valence-corrected chi connectivity index (χ0v) is 15.4. The number of hydrogen-bond donors (Lipinski definition) is 1. The van der Waals surface area contributed by atoms with E-state index in [4.69, 9.17) is 11.6 Å². The lowest BCUT2D eigenvalue weighted by atomic mass is 9.82. The summed E-state index contributed by atoms with van der Waals surface area (Å²) < 4.78 is 28.1. The van der Waals surface area contributed by atoms with E-state index in [1.54, 1.807) is 62.4 Å². The fraction of sp³-hybridized carbons (Fsp3) is 0.278. The molecule has 1 N–H and O–H groups in total. The van der Waals surface area contributed by atoms with Crippen molar-refractivity contribution in [1.82, 2.24) is 4.72 Å². The van der Waals surface area contributed by atoms with Crippen LogP contribution in [0, 0.1) is 12.3 Å².